The standard InChI is InChI=1S/4BH3O3.Li/c4*2-1(3)4;/h4*2-4H;. The Bertz CT molecular complexity index is 61.5. The van der Waals surface area contributed by atoms with E-state index in [-0.39, 0.29) is 18.9 Å². The summed E-state index contributed by atoms with van der Waals surface area (Å²) in [7, 11) is -8.67. The Hall–Kier alpha value is 0.377. The van der Waals surface area contributed by atoms with E-state index in [1.165, 1.54) is 0 Å². The molecular weight excluding hydrogens is 242 g/mol. The van der Waals surface area contributed by atoms with Gasteiger partial charge in [0.05, 0.1) is 0 Å². The average molecular weight is 254 g/mol. The maximum Gasteiger partial charge on any atom is 0.631 e. The summed E-state index contributed by atoms with van der Waals surface area (Å²) in [4.78, 5) is 0. The van der Waals surface area contributed by atoms with Crippen molar-refractivity contribution in [3.63, 3.8) is 0 Å². The predicted octanol–water partition coefficient (Wildman–Crippen LogP) is -8.59. The van der Waals surface area contributed by atoms with E-state index in [2.05, 4.69) is 0 Å². The van der Waals surface area contributed by atoms with Crippen LogP contribution in [0.15, 0.2) is 0 Å². The molecule has 0 aromatic rings. The minimum atomic E-state index is -2.17. The molecular formula is H12B4LiO12. The fourth-order valence-electron chi connectivity index (χ4n) is 0. The molecule has 0 amide bonds. The monoisotopic (exact) mass is 255 g/mol. The molecule has 0 aromatic carbocycles. The third-order valence-electron chi connectivity index (χ3n) is 0. The molecule has 0 bridgehead atoms. The van der Waals surface area contributed by atoms with E-state index in [1.54, 1.807) is 0 Å². The van der Waals surface area contributed by atoms with Crippen LogP contribution in [-0.2, 0) is 0 Å². The molecule has 0 spiro atoms. The first-order valence-corrected chi connectivity index (χ1v) is 3.10. The van der Waals surface area contributed by atoms with Crippen LogP contribution in [0.3, 0.4) is 0 Å². The Balaban J connectivity index is -0.0000000369. The maximum absolute atomic E-state index is 7.17. The number of hydrogen-bond donors (Lipinski definition) is 12. The zero-order valence-electron chi connectivity index (χ0n) is 8.68. The van der Waals surface area contributed by atoms with Crippen LogP contribution in [0.4, 0.5) is 0 Å². The first-order chi connectivity index (χ1) is 6.93. The topological polar surface area (TPSA) is 243 Å². The Kier molecular flexibility index (Phi) is 45.2. The summed E-state index contributed by atoms with van der Waals surface area (Å²) in [6.45, 7) is 0. The maximum atomic E-state index is 7.17. The molecule has 12 N–H and O–H groups in total. The van der Waals surface area contributed by atoms with E-state index in [1.807, 2.05) is 0 Å². The van der Waals surface area contributed by atoms with Gasteiger partial charge in [-0.15, -0.1) is 0 Å². The van der Waals surface area contributed by atoms with Crippen LogP contribution in [0.1, 0.15) is 0 Å². The predicted molar refractivity (Wildman–Crippen MR) is 55.4 cm³/mol. The molecule has 0 atom stereocenters. The molecule has 0 aliphatic heterocycles. The molecule has 0 unspecified atom stereocenters. The van der Waals surface area contributed by atoms with Crippen LogP contribution in [0.25, 0.3) is 0 Å². The first kappa shape index (κ1) is 30.4. The zero-order valence-corrected chi connectivity index (χ0v) is 8.68. The Morgan fingerprint density at radius 3 is 0.294 bits per heavy atom. The first-order valence-electron chi connectivity index (χ1n) is 3.10. The summed E-state index contributed by atoms with van der Waals surface area (Å²) in [6, 6.07) is 0. The molecule has 0 aromatic heterocycles. The van der Waals surface area contributed by atoms with Gasteiger partial charge < -0.3 is 60.3 Å². The van der Waals surface area contributed by atoms with E-state index >= 15 is 0 Å². The second-order valence-electron chi connectivity index (χ2n) is 1.39. The van der Waals surface area contributed by atoms with Crippen LogP contribution in [0, 0.1) is 0 Å². The number of hydrogen-bond acceptors (Lipinski definition) is 12. The summed E-state index contributed by atoms with van der Waals surface area (Å²) in [5.41, 5.74) is 0. The molecule has 0 fully saturated rings. The molecule has 0 saturated carbocycles. The SMILES string of the molecule is OB(O)O.OB(O)O.OB(O)O.OB(O)O.[Li]. The van der Waals surface area contributed by atoms with Gasteiger partial charge in [0, 0.05) is 18.9 Å². The minimum absolute atomic E-state index is 0. The molecule has 12 nitrogen and oxygen atoms in total. The summed E-state index contributed by atoms with van der Waals surface area (Å²) in [5.74, 6) is 0. The summed E-state index contributed by atoms with van der Waals surface area (Å²) in [6.07, 6.45) is 0. The molecule has 0 aliphatic rings. The van der Waals surface area contributed by atoms with Gasteiger partial charge in [0.25, 0.3) is 0 Å². The Labute approximate surface area is 109 Å². The molecule has 0 heterocycles. The summed E-state index contributed by atoms with van der Waals surface area (Å²) >= 11 is 0. The van der Waals surface area contributed by atoms with Gasteiger partial charge in [-0.25, -0.2) is 0 Å². The van der Waals surface area contributed by atoms with E-state index in [9.17, 15) is 0 Å². The van der Waals surface area contributed by atoms with Crippen molar-refractivity contribution >= 4 is 48.1 Å². The third kappa shape index (κ3) is 23800. The molecule has 1 radical (unpaired) electrons. The zero-order chi connectivity index (χ0) is 14.3. The second-order valence-corrected chi connectivity index (χ2v) is 1.39. The quantitative estimate of drug-likeness (QED) is 0.180. The molecule has 0 saturated heterocycles. The molecule has 0 aliphatic carbocycles. The normalized spacial score (nSPS) is 6.35. The van der Waals surface area contributed by atoms with Crippen molar-refractivity contribution in [1.82, 2.24) is 0 Å². The average Bonchev–Trinajstić information content (AvgIpc) is 1.76. The van der Waals surface area contributed by atoms with Gasteiger partial charge >= 0.3 is 29.3 Å². The van der Waals surface area contributed by atoms with Crippen LogP contribution < -0.4 is 0 Å². The second kappa shape index (κ2) is 25.3. The van der Waals surface area contributed by atoms with Crippen LogP contribution in [-0.4, -0.2) is 108 Å². The van der Waals surface area contributed by atoms with Gasteiger partial charge in [-0.1, -0.05) is 0 Å². The van der Waals surface area contributed by atoms with Gasteiger partial charge in [-0.3, -0.25) is 0 Å². The fourth-order valence-corrected chi connectivity index (χ4v) is 0. The molecule has 17 heteroatoms. The van der Waals surface area contributed by atoms with Gasteiger partial charge in [-0.2, -0.15) is 0 Å². The molecule has 17 heavy (non-hydrogen) atoms. The van der Waals surface area contributed by atoms with Crippen LogP contribution in [0.2, 0.25) is 0 Å². The van der Waals surface area contributed by atoms with Gasteiger partial charge in [0.15, 0.2) is 0 Å². The van der Waals surface area contributed by atoms with Crippen molar-refractivity contribution in [1.29, 1.82) is 0 Å². The van der Waals surface area contributed by atoms with Crippen molar-refractivity contribution < 1.29 is 60.3 Å². The van der Waals surface area contributed by atoms with Crippen molar-refractivity contribution in [2.24, 2.45) is 0 Å². The van der Waals surface area contributed by atoms with Crippen molar-refractivity contribution in [3.8, 4) is 0 Å². The van der Waals surface area contributed by atoms with Gasteiger partial charge in [0.2, 0.25) is 0 Å². The third-order valence-corrected chi connectivity index (χ3v) is 0. The Morgan fingerprint density at radius 2 is 0.294 bits per heavy atom. The van der Waals surface area contributed by atoms with Crippen molar-refractivity contribution in [2.75, 3.05) is 0 Å². The fraction of sp³-hybridized carbons (Fsp3) is 0. The molecule has 0 rings (SSSR count). The van der Waals surface area contributed by atoms with E-state index < -0.39 is 29.3 Å². The van der Waals surface area contributed by atoms with E-state index in [4.69, 9.17) is 60.3 Å². The smallest absolute Gasteiger partial charge is 0.402 e. The van der Waals surface area contributed by atoms with Crippen LogP contribution >= 0.6 is 0 Å². The Morgan fingerprint density at radius 1 is 0.294 bits per heavy atom. The van der Waals surface area contributed by atoms with Crippen LogP contribution in [0.5, 0.6) is 0 Å². The van der Waals surface area contributed by atoms with Crippen molar-refractivity contribution in [3.05, 3.63) is 0 Å². The van der Waals surface area contributed by atoms with Gasteiger partial charge in [0.1, 0.15) is 0 Å². The van der Waals surface area contributed by atoms with Crippen molar-refractivity contribution in [2.45, 2.75) is 0 Å². The summed E-state index contributed by atoms with van der Waals surface area (Å²) in [5, 5.41) is 86.0. The largest absolute Gasteiger partial charge is 0.631 e. The van der Waals surface area contributed by atoms with Gasteiger partial charge in [-0.05, 0) is 0 Å². The minimum Gasteiger partial charge on any atom is -0.402 e. The molecule has 97 valence electrons. The van der Waals surface area contributed by atoms with E-state index in [0.717, 1.165) is 0 Å². The summed E-state index contributed by atoms with van der Waals surface area (Å²) < 4.78 is 0. The number of rotatable bonds is 0. The van der Waals surface area contributed by atoms with E-state index in [0.29, 0.717) is 0 Å².